The SMILES string of the molecule is Fc1ccc2sc(COc3ccccc3Cl)cc2c1. The molecule has 3 aromatic rings. The lowest BCUT2D eigenvalue weighted by Crippen LogP contribution is -1.92. The third-order valence-corrected chi connectivity index (χ3v) is 4.14. The Kier molecular flexibility index (Phi) is 3.40. The first kappa shape index (κ1) is 12.5. The fraction of sp³-hybridized carbons (Fsp3) is 0.0667. The molecule has 2 aromatic carbocycles. The number of hydrogen-bond donors (Lipinski definition) is 0. The number of para-hydroxylation sites is 1. The van der Waals surface area contributed by atoms with Crippen LogP contribution in [0.15, 0.2) is 48.5 Å². The van der Waals surface area contributed by atoms with E-state index in [0.717, 1.165) is 15.0 Å². The van der Waals surface area contributed by atoms with Crippen molar-refractivity contribution in [2.24, 2.45) is 0 Å². The first-order valence-electron chi connectivity index (χ1n) is 5.78. The van der Waals surface area contributed by atoms with Crippen molar-refractivity contribution in [2.75, 3.05) is 0 Å². The van der Waals surface area contributed by atoms with Crippen molar-refractivity contribution in [3.8, 4) is 5.75 Å². The number of fused-ring (bicyclic) bond motifs is 1. The van der Waals surface area contributed by atoms with Crippen LogP contribution in [0.4, 0.5) is 4.39 Å². The molecule has 0 atom stereocenters. The molecule has 0 spiro atoms. The van der Waals surface area contributed by atoms with E-state index in [0.29, 0.717) is 17.4 Å². The number of halogens is 2. The molecule has 1 aromatic heterocycles. The lowest BCUT2D eigenvalue weighted by Gasteiger charge is -2.05. The standard InChI is InChI=1S/C15H10ClFOS/c16-13-3-1-2-4-14(13)18-9-12-8-10-7-11(17)5-6-15(10)19-12/h1-8H,9H2. The number of rotatable bonds is 3. The van der Waals surface area contributed by atoms with Gasteiger partial charge in [-0.05, 0) is 41.8 Å². The van der Waals surface area contributed by atoms with Crippen LogP contribution in [0.3, 0.4) is 0 Å². The highest BCUT2D eigenvalue weighted by Gasteiger charge is 2.05. The lowest BCUT2D eigenvalue weighted by atomic mass is 10.2. The molecule has 0 aliphatic heterocycles. The van der Waals surface area contributed by atoms with E-state index < -0.39 is 0 Å². The molecule has 0 bridgehead atoms. The summed E-state index contributed by atoms with van der Waals surface area (Å²) in [5.74, 6) is 0.441. The number of benzene rings is 2. The topological polar surface area (TPSA) is 9.23 Å². The number of hydrogen-bond acceptors (Lipinski definition) is 2. The second kappa shape index (κ2) is 5.19. The Balaban J connectivity index is 1.80. The maximum Gasteiger partial charge on any atom is 0.138 e. The molecule has 0 fully saturated rings. The highest BCUT2D eigenvalue weighted by Crippen LogP contribution is 2.29. The third-order valence-electron chi connectivity index (χ3n) is 2.74. The van der Waals surface area contributed by atoms with Crippen molar-refractivity contribution in [1.29, 1.82) is 0 Å². The minimum atomic E-state index is -0.219. The van der Waals surface area contributed by atoms with E-state index in [-0.39, 0.29) is 5.82 Å². The summed E-state index contributed by atoms with van der Waals surface area (Å²) in [6.07, 6.45) is 0. The molecule has 3 rings (SSSR count). The molecule has 0 unspecified atom stereocenters. The van der Waals surface area contributed by atoms with Crippen molar-refractivity contribution in [2.45, 2.75) is 6.61 Å². The van der Waals surface area contributed by atoms with E-state index in [9.17, 15) is 4.39 Å². The quantitative estimate of drug-likeness (QED) is 0.639. The first-order valence-corrected chi connectivity index (χ1v) is 6.97. The molecule has 0 aliphatic carbocycles. The van der Waals surface area contributed by atoms with E-state index in [1.807, 2.05) is 24.3 Å². The molecule has 19 heavy (non-hydrogen) atoms. The highest BCUT2D eigenvalue weighted by molar-refractivity contribution is 7.19. The normalized spacial score (nSPS) is 10.8. The van der Waals surface area contributed by atoms with Gasteiger partial charge in [0.2, 0.25) is 0 Å². The molecular weight excluding hydrogens is 283 g/mol. The Labute approximate surface area is 119 Å². The van der Waals surface area contributed by atoms with Crippen LogP contribution in [0.1, 0.15) is 4.88 Å². The Hall–Kier alpha value is -1.58. The van der Waals surface area contributed by atoms with Crippen molar-refractivity contribution in [3.63, 3.8) is 0 Å². The van der Waals surface area contributed by atoms with E-state index in [2.05, 4.69) is 0 Å². The van der Waals surface area contributed by atoms with Crippen LogP contribution >= 0.6 is 22.9 Å². The van der Waals surface area contributed by atoms with Crippen molar-refractivity contribution in [3.05, 3.63) is 64.2 Å². The molecule has 0 N–H and O–H groups in total. The monoisotopic (exact) mass is 292 g/mol. The summed E-state index contributed by atoms with van der Waals surface area (Å²) in [6.45, 7) is 0.435. The van der Waals surface area contributed by atoms with E-state index in [1.54, 1.807) is 23.5 Å². The van der Waals surface area contributed by atoms with Gasteiger partial charge in [0.1, 0.15) is 18.2 Å². The van der Waals surface area contributed by atoms with Gasteiger partial charge < -0.3 is 4.74 Å². The Morgan fingerprint density at radius 2 is 1.95 bits per heavy atom. The molecule has 0 aliphatic rings. The summed E-state index contributed by atoms with van der Waals surface area (Å²) < 4.78 is 19.8. The summed E-state index contributed by atoms with van der Waals surface area (Å²) >= 11 is 7.62. The van der Waals surface area contributed by atoms with Crippen molar-refractivity contribution in [1.82, 2.24) is 0 Å². The van der Waals surface area contributed by atoms with Crippen LogP contribution < -0.4 is 4.74 Å². The van der Waals surface area contributed by atoms with Crippen LogP contribution in [0, 0.1) is 5.82 Å². The zero-order valence-electron chi connectivity index (χ0n) is 9.90. The molecular formula is C15H10ClFOS. The van der Waals surface area contributed by atoms with Crippen molar-refractivity contribution >= 4 is 33.0 Å². The predicted octanol–water partition coefficient (Wildman–Crippen LogP) is 5.27. The van der Waals surface area contributed by atoms with Crippen molar-refractivity contribution < 1.29 is 9.13 Å². The van der Waals surface area contributed by atoms with Gasteiger partial charge in [0.25, 0.3) is 0 Å². The van der Waals surface area contributed by atoms with Crippen LogP contribution in [-0.2, 0) is 6.61 Å². The largest absolute Gasteiger partial charge is 0.487 e. The number of thiophene rings is 1. The molecule has 1 heterocycles. The Morgan fingerprint density at radius 3 is 2.79 bits per heavy atom. The highest BCUT2D eigenvalue weighted by atomic mass is 35.5. The predicted molar refractivity (Wildman–Crippen MR) is 77.6 cm³/mol. The van der Waals surface area contributed by atoms with Crippen LogP contribution in [0.2, 0.25) is 5.02 Å². The zero-order chi connectivity index (χ0) is 13.2. The van der Waals surface area contributed by atoms with E-state index in [4.69, 9.17) is 16.3 Å². The summed E-state index contributed by atoms with van der Waals surface area (Å²) in [6, 6.07) is 14.1. The molecule has 1 nitrogen and oxygen atoms in total. The van der Waals surface area contributed by atoms with E-state index >= 15 is 0 Å². The molecule has 0 radical (unpaired) electrons. The second-order valence-corrected chi connectivity index (χ2v) is 5.69. The van der Waals surface area contributed by atoms with Gasteiger partial charge in [-0.25, -0.2) is 4.39 Å². The van der Waals surface area contributed by atoms with E-state index in [1.165, 1.54) is 12.1 Å². The fourth-order valence-corrected chi connectivity index (χ4v) is 3.00. The smallest absolute Gasteiger partial charge is 0.138 e. The third kappa shape index (κ3) is 2.72. The first-order chi connectivity index (χ1) is 9.22. The average Bonchev–Trinajstić information content (AvgIpc) is 2.79. The Morgan fingerprint density at radius 1 is 1.11 bits per heavy atom. The minimum Gasteiger partial charge on any atom is -0.487 e. The fourth-order valence-electron chi connectivity index (χ4n) is 1.85. The van der Waals surface area contributed by atoms with Gasteiger partial charge in [-0.15, -0.1) is 11.3 Å². The van der Waals surface area contributed by atoms with Crippen LogP contribution in [0.25, 0.3) is 10.1 Å². The molecule has 0 saturated heterocycles. The van der Waals surface area contributed by atoms with Gasteiger partial charge in [0.05, 0.1) is 5.02 Å². The molecule has 0 amide bonds. The lowest BCUT2D eigenvalue weighted by molar-refractivity contribution is 0.310. The maximum absolute atomic E-state index is 13.1. The average molecular weight is 293 g/mol. The summed E-state index contributed by atoms with van der Waals surface area (Å²) in [7, 11) is 0. The van der Waals surface area contributed by atoms with Crippen LogP contribution in [-0.4, -0.2) is 0 Å². The Bertz CT molecular complexity index is 723. The maximum atomic E-state index is 13.1. The summed E-state index contributed by atoms with van der Waals surface area (Å²) in [5.41, 5.74) is 0. The van der Waals surface area contributed by atoms with Gasteiger partial charge in [0.15, 0.2) is 0 Å². The summed E-state index contributed by atoms with van der Waals surface area (Å²) in [5, 5.41) is 1.50. The van der Waals surface area contributed by atoms with Gasteiger partial charge in [-0.2, -0.15) is 0 Å². The van der Waals surface area contributed by atoms with Gasteiger partial charge in [0, 0.05) is 9.58 Å². The zero-order valence-corrected chi connectivity index (χ0v) is 11.5. The van der Waals surface area contributed by atoms with Crippen LogP contribution in [0.5, 0.6) is 5.75 Å². The summed E-state index contributed by atoms with van der Waals surface area (Å²) in [4.78, 5) is 1.04. The van der Waals surface area contributed by atoms with Gasteiger partial charge >= 0.3 is 0 Å². The molecule has 0 saturated carbocycles. The van der Waals surface area contributed by atoms with Gasteiger partial charge in [-0.1, -0.05) is 23.7 Å². The van der Waals surface area contributed by atoms with Gasteiger partial charge in [-0.3, -0.25) is 0 Å². The molecule has 4 heteroatoms. The second-order valence-electron chi connectivity index (χ2n) is 4.11. The minimum absolute atomic E-state index is 0.219. The number of ether oxygens (including phenoxy) is 1. The molecule has 96 valence electrons.